The Kier molecular flexibility index (Phi) is 8.87. The van der Waals surface area contributed by atoms with Gasteiger partial charge in [0.2, 0.25) is 0 Å². The largest absolute Gasteiger partial charge is 0.743 e. The van der Waals surface area contributed by atoms with E-state index in [-0.39, 0.29) is 10.9 Å². The van der Waals surface area contributed by atoms with E-state index in [9.17, 15) is 52.5 Å². The highest BCUT2D eigenvalue weighted by molar-refractivity contribution is 7.97. The lowest BCUT2D eigenvalue weighted by Gasteiger charge is -2.34. The van der Waals surface area contributed by atoms with Crippen molar-refractivity contribution in [3.8, 4) is 0 Å². The minimum Gasteiger partial charge on any atom is -0.743 e. The monoisotopic (exact) mass is 612 g/mol. The highest BCUT2D eigenvalue weighted by Crippen LogP contribution is 2.54. The van der Waals surface area contributed by atoms with Gasteiger partial charge in [-0.05, 0) is 41.8 Å². The van der Waals surface area contributed by atoms with Crippen molar-refractivity contribution >= 4 is 31.8 Å². The fourth-order valence-electron chi connectivity index (χ4n) is 3.39. The average molecular weight is 613 g/mol. The van der Waals surface area contributed by atoms with Crippen molar-refractivity contribution < 1.29 is 52.5 Å². The van der Waals surface area contributed by atoms with Crippen LogP contribution in [0, 0.1) is 0 Å². The molecule has 14 heteroatoms. The van der Waals surface area contributed by atoms with Gasteiger partial charge in [0.15, 0.2) is 24.8 Å². The summed E-state index contributed by atoms with van der Waals surface area (Å²) in [5.41, 5.74) is 0. The molecule has 40 heavy (non-hydrogen) atoms. The number of alkyl halides is 9. The van der Waals surface area contributed by atoms with Crippen molar-refractivity contribution in [3.05, 3.63) is 103 Å². The van der Waals surface area contributed by atoms with E-state index in [1.807, 2.05) is 0 Å². The first-order chi connectivity index (χ1) is 18.4. The zero-order valence-electron chi connectivity index (χ0n) is 19.8. The predicted octanol–water partition coefficient (Wildman–Crippen LogP) is 7.89. The van der Waals surface area contributed by atoms with Gasteiger partial charge in [0, 0.05) is 5.39 Å². The van der Waals surface area contributed by atoms with Crippen molar-refractivity contribution in [1.82, 2.24) is 0 Å². The Hall–Kier alpha value is -3.23. The number of benzene rings is 4. The van der Waals surface area contributed by atoms with Crippen molar-refractivity contribution in [3.63, 3.8) is 0 Å². The van der Waals surface area contributed by atoms with Gasteiger partial charge in [-0.3, -0.25) is 0 Å². The van der Waals surface area contributed by atoms with Crippen LogP contribution in [-0.4, -0.2) is 36.2 Å². The average Bonchev–Trinajstić information content (AvgIpc) is 2.89. The third-order valence-corrected chi connectivity index (χ3v) is 8.52. The zero-order valence-corrected chi connectivity index (χ0v) is 21.4. The van der Waals surface area contributed by atoms with Crippen LogP contribution in [-0.2, 0) is 21.0 Å². The first-order valence-corrected chi connectivity index (χ1v) is 13.5. The Labute approximate surface area is 225 Å². The molecule has 0 saturated carbocycles. The van der Waals surface area contributed by atoms with Gasteiger partial charge in [-0.15, -0.1) is 0 Å². The molecule has 4 aromatic carbocycles. The van der Waals surface area contributed by atoms with Gasteiger partial charge in [-0.2, -0.15) is 39.5 Å². The molecule has 3 nitrogen and oxygen atoms in total. The molecule has 0 aliphatic heterocycles. The normalized spacial score (nSPS) is 13.2. The Morgan fingerprint density at radius 1 is 0.550 bits per heavy atom. The van der Waals surface area contributed by atoms with Gasteiger partial charge in [0.05, 0.1) is 10.9 Å². The molecule has 4 rings (SSSR count). The zero-order chi connectivity index (χ0) is 30.0. The molecule has 0 aliphatic rings. The molecule has 0 saturated heterocycles. The van der Waals surface area contributed by atoms with Crippen LogP contribution < -0.4 is 0 Å². The van der Waals surface area contributed by atoms with Gasteiger partial charge in [-0.25, -0.2) is 8.42 Å². The molecule has 0 heterocycles. The number of hydrogen-bond acceptors (Lipinski definition) is 3. The van der Waals surface area contributed by atoms with E-state index in [2.05, 4.69) is 103 Å². The van der Waals surface area contributed by atoms with Gasteiger partial charge in [0.1, 0.15) is 0 Å². The summed E-state index contributed by atoms with van der Waals surface area (Å²) in [7, 11) is -7.51. The minimum absolute atomic E-state index is 0.0892. The molecule has 0 bridgehead atoms. The van der Waals surface area contributed by atoms with Crippen molar-refractivity contribution in [2.24, 2.45) is 0 Å². The topological polar surface area (TPSA) is 57.2 Å². The van der Waals surface area contributed by atoms with Crippen molar-refractivity contribution in [2.45, 2.75) is 38.0 Å². The van der Waals surface area contributed by atoms with E-state index in [1.54, 1.807) is 0 Å². The predicted molar refractivity (Wildman–Crippen MR) is 130 cm³/mol. The number of fused-ring (bicyclic) bond motifs is 1. The van der Waals surface area contributed by atoms with Crippen LogP contribution in [0.25, 0.3) is 10.8 Å². The Morgan fingerprint density at radius 3 is 1.43 bits per heavy atom. The highest BCUT2D eigenvalue weighted by atomic mass is 32.2. The molecule has 0 radical (unpaired) electrons. The summed E-state index contributed by atoms with van der Waals surface area (Å²) in [6.07, 6.45) is -7.16. The van der Waals surface area contributed by atoms with E-state index in [0.29, 0.717) is 0 Å². The first-order valence-electron chi connectivity index (χ1n) is 10.9. The van der Waals surface area contributed by atoms with E-state index in [1.165, 1.54) is 25.5 Å². The summed E-state index contributed by atoms with van der Waals surface area (Å²) in [5.74, 6) is -14.8. The summed E-state index contributed by atoms with van der Waals surface area (Å²) in [6.45, 7) is 0. The smallest absolute Gasteiger partial charge is 0.460 e. The number of rotatable bonds is 6. The molecule has 0 N–H and O–H groups in total. The number of halogens is 9. The molecule has 0 atom stereocenters. The maximum atomic E-state index is 12.2. The quantitative estimate of drug-likeness (QED) is 0.126. The molecule has 0 unspecified atom stereocenters. The molecule has 0 spiro atoms. The standard InChI is InChI=1S/C22H17S.C4HF9O3S/c1-3-12-19(13-4-1)23(20-14-5-2-6-15-20)22-17-9-11-18-10-7-8-16-21(18)22;5-1(6,3(9,10)11)2(7,8)4(12,13)17(14,15)16/h1-17H;(H,14,15,16)/q+1;/p-1. The van der Waals surface area contributed by atoms with Gasteiger partial charge in [0.25, 0.3) is 0 Å². The molecule has 0 amide bonds. The fourth-order valence-corrected chi connectivity index (χ4v) is 6.10. The molecule has 0 fully saturated rings. The number of hydrogen-bond donors (Lipinski definition) is 0. The molecule has 0 aliphatic carbocycles. The third-order valence-electron chi connectivity index (χ3n) is 5.36. The van der Waals surface area contributed by atoms with Crippen LogP contribution in [0.3, 0.4) is 0 Å². The van der Waals surface area contributed by atoms with Gasteiger partial charge in [-0.1, -0.05) is 66.7 Å². The van der Waals surface area contributed by atoms with E-state index in [0.717, 1.165) is 0 Å². The Balaban J connectivity index is 0.000000234. The van der Waals surface area contributed by atoms with Crippen LogP contribution in [0.1, 0.15) is 0 Å². The maximum absolute atomic E-state index is 12.2. The summed E-state index contributed by atoms with van der Waals surface area (Å²) >= 11 is 0. The van der Waals surface area contributed by atoms with Crippen molar-refractivity contribution in [1.29, 1.82) is 0 Å². The Bertz CT molecular complexity index is 1500. The van der Waals surface area contributed by atoms with Crippen LogP contribution in [0.5, 0.6) is 0 Å². The minimum atomic E-state index is -7.43. The lowest BCUT2D eigenvalue weighted by atomic mass is 10.1. The Morgan fingerprint density at radius 2 is 0.975 bits per heavy atom. The molecule has 0 aromatic heterocycles. The second-order valence-corrected chi connectivity index (χ2v) is 11.4. The fraction of sp³-hybridized carbons (Fsp3) is 0.154. The second kappa shape index (κ2) is 11.3. The van der Waals surface area contributed by atoms with Gasteiger partial charge >= 0.3 is 23.3 Å². The molecular formula is C26H17F9O3S2. The van der Waals surface area contributed by atoms with Crippen LogP contribution in [0.4, 0.5) is 39.5 Å². The SMILES string of the molecule is O=S(=O)([O-])C(F)(F)C(F)(F)C(F)(F)C(F)(F)F.c1ccc([S+](c2ccccc2)c2cccc3ccccc23)cc1. The first kappa shape index (κ1) is 31.3. The van der Waals surface area contributed by atoms with Crippen LogP contribution in [0.2, 0.25) is 0 Å². The van der Waals surface area contributed by atoms with E-state index >= 15 is 0 Å². The summed E-state index contributed by atoms with van der Waals surface area (Å²) < 4.78 is 135. The van der Waals surface area contributed by atoms with Gasteiger partial charge < -0.3 is 4.55 Å². The second-order valence-electron chi connectivity index (χ2n) is 8.03. The summed E-state index contributed by atoms with van der Waals surface area (Å²) in [5, 5.41) is -4.47. The lowest BCUT2D eigenvalue weighted by molar-refractivity contribution is -0.382. The van der Waals surface area contributed by atoms with E-state index in [4.69, 9.17) is 0 Å². The molecular weight excluding hydrogens is 595 g/mol. The summed E-state index contributed by atoms with van der Waals surface area (Å²) in [6, 6.07) is 36.9. The van der Waals surface area contributed by atoms with Crippen molar-refractivity contribution in [2.75, 3.05) is 0 Å². The maximum Gasteiger partial charge on any atom is 0.460 e. The molecule has 214 valence electrons. The third kappa shape index (κ3) is 5.93. The highest BCUT2D eigenvalue weighted by Gasteiger charge is 2.83. The van der Waals surface area contributed by atoms with E-state index < -0.39 is 33.4 Å². The van der Waals surface area contributed by atoms with Crippen LogP contribution >= 0.6 is 0 Å². The van der Waals surface area contributed by atoms with Crippen LogP contribution in [0.15, 0.2) is 118 Å². The molecule has 4 aromatic rings. The summed E-state index contributed by atoms with van der Waals surface area (Å²) in [4.78, 5) is 4.10. The lowest BCUT2D eigenvalue weighted by Crippen LogP contribution is -2.63.